The lowest BCUT2D eigenvalue weighted by Gasteiger charge is -2.10. The number of hydrazine groups is 1. The highest BCUT2D eigenvalue weighted by Gasteiger charge is 2.20. The van der Waals surface area contributed by atoms with E-state index in [0.717, 1.165) is 10.9 Å². The van der Waals surface area contributed by atoms with Crippen molar-refractivity contribution in [3.05, 3.63) is 59.0 Å². The zero-order chi connectivity index (χ0) is 19.8. The maximum absolute atomic E-state index is 12.8. The number of fused-ring (bicyclic) bond motifs is 2. The molecule has 1 aromatic carbocycles. The third-order valence-corrected chi connectivity index (χ3v) is 4.60. The lowest BCUT2D eigenvalue weighted by atomic mass is 10.0. The van der Waals surface area contributed by atoms with E-state index in [4.69, 9.17) is 4.52 Å². The summed E-state index contributed by atoms with van der Waals surface area (Å²) in [7, 11) is 0. The Labute approximate surface area is 160 Å². The van der Waals surface area contributed by atoms with Crippen LogP contribution in [0.15, 0.2) is 41.1 Å². The fourth-order valence-corrected chi connectivity index (χ4v) is 3.10. The van der Waals surface area contributed by atoms with Crippen molar-refractivity contribution >= 4 is 33.8 Å². The number of carbonyl (C=O) groups excluding carboxylic acids is 2. The van der Waals surface area contributed by atoms with Crippen molar-refractivity contribution in [3.63, 3.8) is 0 Å². The number of benzene rings is 1. The third-order valence-electron chi connectivity index (χ3n) is 4.60. The zero-order valence-corrected chi connectivity index (χ0v) is 15.7. The number of H-pyrrole nitrogens is 1. The molecule has 0 bridgehead atoms. The SMILES string of the molecule is Cc1noc2nc(C(C)C)cc(C(=O)NNC(=O)c3c[nH]c4ccccc34)c12. The van der Waals surface area contributed by atoms with E-state index in [1.165, 1.54) is 0 Å². The van der Waals surface area contributed by atoms with Gasteiger partial charge in [0.1, 0.15) is 0 Å². The highest BCUT2D eigenvalue weighted by Crippen LogP contribution is 2.25. The van der Waals surface area contributed by atoms with Crippen LogP contribution in [0.3, 0.4) is 0 Å². The van der Waals surface area contributed by atoms with Crippen molar-refractivity contribution in [1.29, 1.82) is 0 Å². The Hall–Kier alpha value is -3.68. The Morgan fingerprint density at radius 2 is 1.82 bits per heavy atom. The van der Waals surface area contributed by atoms with Crippen LogP contribution in [0.5, 0.6) is 0 Å². The smallest absolute Gasteiger partial charge is 0.271 e. The molecule has 3 heterocycles. The first-order valence-electron chi connectivity index (χ1n) is 8.89. The van der Waals surface area contributed by atoms with Gasteiger partial charge >= 0.3 is 0 Å². The lowest BCUT2D eigenvalue weighted by Crippen LogP contribution is -2.41. The summed E-state index contributed by atoms with van der Waals surface area (Å²) in [5.74, 6) is -0.779. The number of rotatable bonds is 3. The number of para-hydroxylation sites is 1. The van der Waals surface area contributed by atoms with E-state index in [1.54, 1.807) is 19.2 Å². The van der Waals surface area contributed by atoms with Crippen LogP contribution >= 0.6 is 0 Å². The molecule has 0 radical (unpaired) electrons. The maximum atomic E-state index is 12.8. The van der Waals surface area contributed by atoms with Crippen LogP contribution in [-0.4, -0.2) is 26.9 Å². The molecule has 0 spiro atoms. The van der Waals surface area contributed by atoms with Crippen molar-refractivity contribution < 1.29 is 14.1 Å². The van der Waals surface area contributed by atoms with Crippen molar-refractivity contribution in [3.8, 4) is 0 Å². The Bertz CT molecular complexity index is 1210. The number of hydrogen-bond donors (Lipinski definition) is 3. The largest absolute Gasteiger partial charge is 0.360 e. The van der Waals surface area contributed by atoms with E-state index in [2.05, 4.69) is 26.0 Å². The molecule has 0 fully saturated rings. The maximum Gasteiger partial charge on any atom is 0.271 e. The number of nitrogens with one attached hydrogen (secondary N) is 3. The topological polar surface area (TPSA) is 113 Å². The molecule has 0 unspecified atom stereocenters. The van der Waals surface area contributed by atoms with Gasteiger partial charge in [-0.05, 0) is 25.0 Å². The Morgan fingerprint density at radius 1 is 1.11 bits per heavy atom. The molecule has 0 aliphatic heterocycles. The van der Waals surface area contributed by atoms with Gasteiger partial charge in [0.2, 0.25) is 0 Å². The van der Waals surface area contributed by atoms with E-state index in [9.17, 15) is 9.59 Å². The van der Waals surface area contributed by atoms with Crippen molar-refractivity contribution in [2.24, 2.45) is 0 Å². The fourth-order valence-electron chi connectivity index (χ4n) is 3.10. The van der Waals surface area contributed by atoms with Gasteiger partial charge in [-0.15, -0.1) is 0 Å². The molecule has 0 aliphatic rings. The monoisotopic (exact) mass is 377 g/mol. The molecule has 0 saturated heterocycles. The van der Waals surface area contributed by atoms with Crippen molar-refractivity contribution in [2.45, 2.75) is 26.7 Å². The molecule has 3 N–H and O–H groups in total. The fraction of sp³-hybridized carbons (Fsp3) is 0.200. The van der Waals surface area contributed by atoms with Crippen LogP contribution in [0.25, 0.3) is 22.0 Å². The van der Waals surface area contributed by atoms with E-state index in [0.29, 0.717) is 33.6 Å². The normalized spacial score (nSPS) is 11.3. The van der Waals surface area contributed by atoms with E-state index in [1.807, 2.05) is 38.1 Å². The van der Waals surface area contributed by atoms with Gasteiger partial charge in [-0.1, -0.05) is 37.2 Å². The molecular weight excluding hydrogens is 358 g/mol. The zero-order valence-electron chi connectivity index (χ0n) is 15.7. The quantitative estimate of drug-likeness (QED) is 0.475. The number of amides is 2. The van der Waals surface area contributed by atoms with Gasteiger partial charge in [0.15, 0.2) is 0 Å². The van der Waals surface area contributed by atoms with Gasteiger partial charge < -0.3 is 9.51 Å². The summed E-state index contributed by atoms with van der Waals surface area (Å²) in [4.78, 5) is 32.8. The Balaban J connectivity index is 1.60. The predicted octanol–water partition coefficient (Wildman–Crippen LogP) is 3.21. The predicted molar refractivity (Wildman–Crippen MR) is 104 cm³/mol. The van der Waals surface area contributed by atoms with E-state index in [-0.39, 0.29) is 5.92 Å². The summed E-state index contributed by atoms with van der Waals surface area (Å²) in [6, 6.07) is 9.14. The van der Waals surface area contributed by atoms with Gasteiger partial charge in [-0.2, -0.15) is 0 Å². The standard InChI is InChI=1S/C20H19N5O3/c1-10(2)16-8-13(17-11(3)25-28-20(17)22-16)18(26)23-24-19(27)14-9-21-15-7-5-4-6-12(14)15/h4-10,21H,1-3H3,(H,23,26)(H,24,27). The van der Waals surface area contributed by atoms with Crippen LogP contribution in [0.4, 0.5) is 0 Å². The molecule has 0 saturated carbocycles. The summed E-state index contributed by atoms with van der Waals surface area (Å²) in [6.07, 6.45) is 1.61. The minimum Gasteiger partial charge on any atom is -0.360 e. The molecular formula is C20H19N5O3. The van der Waals surface area contributed by atoms with Gasteiger partial charge in [0.25, 0.3) is 17.5 Å². The number of pyridine rings is 1. The van der Waals surface area contributed by atoms with Crippen LogP contribution in [0, 0.1) is 6.92 Å². The van der Waals surface area contributed by atoms with Crippen LogP contribution < -0.4 is 10.9 Å². The average Bonchev–Trinajstić information content (AvgIpc) is 3.29. The molecule has 3 aromatic heterocycles. The first kappa shape index (κ1) is 17.7. The second-order valence-electron chi connectivity index (χ2n) is 6.85. The summed E-state index contributed by atoms with van der Waals surface area (Å²) in [5.41, 5.74) is 8.16. The van der Waals surface area contributed by atoms with Gasteiger partial charge in [0, 0.05) is 22.8 Å². The summed E-state index contributed by atoms with van der Waals surface area (Å²) in [5, 5.41) is 5.21. The average molecular weight is 377 g/mol. The van der Waals surface area contributed by atoms with Gasteiger partial charge in [-0.3, -0.25) is 20.4 Å². The van der Waals surface area contributed by atoms with E-state index < -0.39 is 11.8 Å². The molecule has 28 heavy (non-hydrogen) atoms. The molecule has 2 amide bonds. The van der Waals surface area contributed by atoms with Crippen LogP contribution in [0.1, 0.15) is 51.9 Å². The summed E-state index contributed by atoms with van der Waals surface area (Å²) >= 11 is 0. The second-order valence-corrected chi connectivity index (χ2v) is 6.85. The number of hydrogen-bond acceptors (Lipinski definition) is 5. The van der Waals surface area contributed by atoms with Gasteiger partial charge in [-0.25, -0.2) is 4.98 Å². The lowest BCUT2D eigenvalue weighted by molar-refractivity contribution is 0.0848. The minimum atomic E-state index is -0.464. The first-order valence-corrected chi connectivity index (χ1v) is 8.89. The number of nitrogens with zero attached hydrogens (tertiary/aromatic N) is 2. The highest BCUT2D eigenvalue weighted by molar-refractivity contribution is 6.09. The van der Waals surface area contributed by atoms with Crippen LogP contribution in [0.2, 0.25) is 0 Å². The molecule has 4 rings (SSSR count). The third kappa shape index (κ3) is 2.98. The Kier molecular flexibility index (Phi) is 4.31. The summed E-state index contributed by atoms with van der Waals surface area (Å²) in [6.45, 7) is 5.68. The van der Waals surface area contributed by atoms with Crippen LogP contribution in [-0.2, 0) is 0 Å². The first-order chi connectivity index (χ1) is 13.5. The summed E-state index contributed by atoms with van der Waals surface area (Å²) < 4.78 is 5.23. The van der Waals surface area contributed by atoms with E-state index >= 15 is 0 Å². The molecule has 8 heteroatoms. The molecule has 0 aliphatic carbocycles. The highest BCUT2D eigenvalue weighted by atomic mass is 16.5. The van der Waals surface area contributed by atoms with Crippen molar-refractivity contribution in [2.75, 3.05) is 0 Å². The Morgan fingerprint density at radius 3 is 2.57 bits per heavy atom. The molecule has 4 aromatic rings. The second kappa shape index (κ2) is 6.80. The number of carbonyl (C=O) groups is 2. The number of aromatic nitrogens is 3. The number of aromatic amines is 1. The number of aryl methyl sites for hydroxylation is 1. The molecule has 142 valence electrons. The molecule has 8 nitrogen and oxygen atoms in total. The van der Waals surface area contributed by atoms with Crippen molar-refractivity contribution in [1.82, 2.24) is 26.0 Å². The van der Waals surface area contributed by atoms with Gasteiger partial charge in [0.05, 0.1) is 22.2 Å². The molecule has 0 atom stereocenters. The minimum absolute atomic E-state index is 0.0992.